The first-order valence-corrected chi connectivity index (χ1v) is 11.5. The summed E-state index contributed by atoms with van der Waals surface area (Å²) in [6.07, 6.45) is 5.56. The molecule has 0 radical (unpaired) electrons. The van der Waals surface area contributed by atoms with Crippen LogP contribution in [0, 0.1) is 5.41 Å². The van der Waals surface area contributed by atoms with Crippen LogP contribution in [0.4, 0.5) is 0 Å². The molecule has 2 fully saturated rings. The van der Waals surface area contributed by atoms with Crippen LogP contribution in [0.15, 0.2) is 60.7 Å². The molecule has 5 nitrogen and oxygen atoms in total. The Hall–Kier alpha value is -2.82. The Morgan fingerprint density at radius 2 is 1.45 bits per heavy atom. The summed E-state index contributed by atoms with van der Waals surface area (Å²) in [6.45, 7) is 3.41. The van der Waals surface area contributed by atoms with E-state index in [2.05, 4.69) is 0 Å². The molecule has 2 aromatic rings. The minimum absolute atomic E-state index is 0.0369. The summed E-state index contributed by atoms with van der Waals surface area (Å²) in [5.41, 5.74) is 0.331. The second kappa shape index (κ2) is 9.99. The van der Waals surface area contributed by atoms with Gasteiger partial charge in [-0.15, -0.1) is 0 Å². The van der Waals surface area contributed by atoms with Gasteiger partial charge in [0.15, 0.2) is 0 Å². The van der Waals surface area contributed by atoms with Gasteiger partial charge in [0.1, 0.15) is 5.75 Å². The van der Waals surface area contributed by atoms with Crippen LogP contribution >= 0.6 is 0 Å². The third-order valence-electron chi connectivity index (χ3n) is 6.49. The van der Waals surface area contributed by atoms with Crippen molar-refractivity contribution in [1.82, 2.24) is 9.80 Å². The molecular weight excluding hydrogens is 388 g/mol. The van der Waals surface area contributed by atoms with E-state index in [4.69, 9.17) is 4.74 Å². The van der Waals surface area contributed by atoms with E-state index < -0.39 is 0 Å². The fourth-order valence-electron chi connectivity index (χ4n) is 4.79. The number of para-hydroxylation sites is 1. The molecule has 1 atom stereocenters. The molecular formula is C26H32N2O3. The number of ether oxygens (including phenoxy) is 1. The minimum Gasteiger partial charge on any atom is -0.493 e. The molecule has 2 aromatic carbocycles. The van der Waals surface area contributed by atoms with Crippen molar-refractivity contribution in [3.05, 3.63) is 66.2 Å². The van der Waals surface area contributed by atoms with Gasteiger partial charge in [0.2, 0.25) is 5.91 Å². The average Bonchev–Trinajstić information content (AvgIpc) is 2.84. The zero-order chi connectivity index (χ0) is 21.5. The molecule has 31 heavy (non-hydrogen) atoms. The van der Waals surface area contributed by atoms with Crippen LogP contribution in [0.5, 0.6) is 5.75 Å². The predicted octanol–water partition coefficient (Wildman–Crippen LogP) is 4.39. The van der Waals surface area contributed by atoms with E-state index >= 15 is 0 Å². The van der Waals surface area contributed by atoms with Gasteiger partial charge in [-0.2, -0.15) is 0 Å². The number of nitrogens with zero attached hydrogens (tertiary/aromatic N) is 2. The topological polar surface area (TPSA) is 49.9 Å². The van der Waals surface area contributed by atoms with Gasteiger partial charge < -0.3 is 14.5 Å². The largest absolute Gasteiger partial charge is 0.493 e. The molecule has 0 spiro atoms. The van der Waals surface area contributed by atoms with E-state index in [9.17, 15) is 9.59 Å². The summed E-state index contributed by atoms with van der Waals surface area (Å²) in [7, 11) is 0. The van der Waals surface area contributed by atoms with Gasteiger partial charge in [-0.25, -0.2) is 0 Å². The van der Waals surface area contributed by atoms with E-state index in [-0.39, 0.29) is 17.2 Å². The Labute approximate surface area is 185 Å². The second-order valence-corrected chi connectivity index (χ2v) is 8.92. The smallest absolute Gasteiger partial charge is 0.253 e. The highest BCUT2D eigenvalue weighted by atomic mass is 16.5. The van der Waals surface area contributed by atoms with E-state index in [1.807, 2.05) is 70.5 Å². The Bertz CT molecular complexity index is 865. The van der Waals surface area contributed by atoms with Crippen molar-refractivity contribution >= 4 is 11.8 Å². The van der Waals surface area contributed by atoms with E-state index in [0.717, 1.165) is 51.1 Å². The summed E-state index contributed by atoms with van der Waals surface area (Å²) in [4.78, 5) is 30.3. The average molecular weight is 421 g/mol. The normalized spacial score (nSPS) is 21.5. The van der Waals surface area contributed by atoms with E-state index in [0.29, 0.717) is 25.1 Å². The Morgan fingerprint density at radius 1 is 0.806 bits per heavy atom. The Morgan fingerprint density at radius 3 is 2.16 bits per heavy atom. The minimum atomic E-state index is -0.368. The lowest BCUT2D eigenvalue weighted by Gasteiger charge is -2.43. The maximum absolute atomic E-state index is 13.2. The standard InChI is InChI=1S/C26H32N2O3/c29-24(27-16-8-3-9-17-27)19-26(21-31-23-13-6-2-7-14-23)15-10-18-28(20-26)25(30)22-11-4-1-5-12-22/h1-2,4-7,11-14H,3,8-10,15-21H2/t26-/m0/s1. The molecule has 0 saturated carbocycles. The molecule has 0 aromatic heterocycles. The number of hydrogen-bond acceptors (Lipinski definition) is 3. The number of carbonyl (C=O) groups is 2. The van der Waals surface area contributed by atoms with E-state index in [1.165, 1.54) is 6.42 Å². The van der Waals surface area contributed by atoms with Crippen molar-refractivity contribution in [3.8, 4) is 5.75 Å². The van der Waals surface area contributed by atoms with Crippen LogP contribution in [0.25, 0.3) is 0 Å². The van der Waals surface area contributed by atoms with Crippen LogP contribution in [0.1, 0.15) is 48.9 Å². The third kappa shape index (κ3) is 5.46. The fourth-order valence-corrected chi connectivity index (χ4v) is 4.79. The maximum Gasteiger partial charge on any atom is 0.253 e. The van der Waals surface area contributed by atoms with Crippen LogP contribution < -0.4 is 4.74 Å². The third-order valence-corrected chi connectivity index (χ3v) is 6.49. The molecule has 2 heterocycles. The molecule has 0 bridgehead atoms. The molecule has 2 saturated heterocycles. The van der Waals surface area contributed by atoms with Gasteiger partial charge in [0.05, 0.1) is 6.61 Å². The highest BCUT2D eigenvalue weighted by molar-refractivity contribution is 5.94. The molecule has 0 unspecified atom stereocenters. The summed E-state index contributed by atoms with van der Waals surface area (Å²) in [5.74, 6) is 1.04. The van der Waals surface area contributed by atoms with Crippen molar-refractivity contribution in [2.45, 2.75) is 38.5 Å². The van der Waals surface area contributed by atoms with Gasteiger partial charge >= 0.3 is 0 Å². The highest BCUT2D eigenvalue weighted by Gasteiger charge is 2.41. The van der Waals surface area contributed by atoms with Gasteiger partial charge in [-0.3, -0.25) is 9.59 Å². The van der Waals surface area contributed by atoms with Crippen LogP contribution in [0.3, 0.4) is 0 Å². The lowest BCUT2D eigenvalue weighted by molar-refractivity contribution is -0.136. The second-order valence-electron chi connectivity index (χ2n) is 8.92. The van der Waals surface area contributed by atoms with Crippen molar-refractivity contribution in [1.29, 1.82) is 0 Å². The number of amides is 2. The quantitative estimate of drug-likeness (QED) is 0.696. The van der Waals surface area contributed by atoms with Gasteiger partial charge in [0.25, 0.3) is 5.91 Å². The molecule has 0 aliphatic carbocycles. The van der Waals surface area contributed by atoms with Gasteiger partial charge in [-0.1, -0.05) is 36.4 Å². The first kappa shape index (κ1) is 21.4. The maximum atomic E-state index is 13.2. The van der Waals surface area contributed by atoms with Gasteiger partial charge in [-0.05, 0) is 56.4 Å². The molecule has 2 aliphatic rings. The lowest BCUT2D eigenvalue weighted by atomic mass is 9.77. The zero-order valence-corrected chi connectivity index (χ0v) is 18.2. The Kier molecular flexibility index (Phi) is 6.90. The number of benzene rings is 2. The Balaban J connectivity index is 1.51. The highest BCUT2D eigenvalue weighted by Crippen LogP contribution is 2.36. The summed E-state index contributed by atoms with van der Waals surface area (Å²) in [6, 6.07) is 19.2. The lowest BCUT2D eigenvalue weighted by Crippen LogP contribution is -2.51. The number of rotatable bonds is 6. The number of hydrogen-bond donors (Lipinski definition) is 0. The van der Waals surface area contributed by atoms with Crippen molar-refractivity contribution in [2.24, 2.45) is 5.41 Å². The summed E-state index contributed by atoms with van der Waals surface area (Å²) in [5, 5.41) is 0. The molecule has 0 N–H and O–H groups in total. The molecule has 2 aliphatic heterocycles. The van der Waals surface area contributed by atoms with Crippen LogP contribution in [-0.2, 0) is 4.79 Å². The molecule has 164 valence electrons. The van der Waals surface area contributed by atoms with Gasteiger partial charge in [0, 0.05) is 43.6 Å². The van der Waals surface area contributed by atoms with Crippen molar-refractivity contribution < 1.29 is 14.3 Å². The SMILES string of the molecule is O=C(C[C@@]1(COc2ccccc2)CCCN(C(=O)c2ccccc2)C1)N1CCCCC1. The predicted molar refractivity (Wildman–Crippen MR) is 121 cm³/mol. The summed E-state index contributed by atoms with van der Waals surface area (Å²) >= 11 is 0. The molecule has 4 rings (SSSR count). The van der Waals surface area contributed by atoms with E-state index in [1.54, 1.807) is 0 Å². The fraction of sp³-hybridized carbons (Fsp3) is 0.462. The van der Waals surface area contributed by atoms with Crippen LogP contribution in [-0.4, -0.2) is 54.4 Å². The number of piperidine rings is 2. The first-order valence-electron chi connectivity index (χ1n) is 11.5. The van der Waals surface area contributed by atoms with Crippen molar-refractivity contribution in [3.63, 3.8) is 0 Å². The number of carbonyl (C=O) groups excluding carboxylic acids is 2. The van der Waals surface area contributed by atoms with Crippen LogP contribution in [0.2, 0.25) is 0 Å². The number of likely N-dealkylation sites (tertiary alicyclic amines) is 2. The monoisotopic (exact) mass is 420 g/mol. The zero-order valence-electron chi connectivity index (χ0n) is 18.2. The molecule has 2 amide bonds. The summed E-state index contributed by atoms with van der Waals surface area (Å²) < 4.78 is 6.16. The van der Waals surface area contributed by atoms with Crippen molar-refractivity contribution in [2.75, 3.05) is 32.8 Å². The first-order chi connectivity index (χ1) is 15.2. The molecule has 5 heteroatoms.